The van der Waals surface area contributed by atoms with Gasteiger partial charge in [-0.25, -0.2) is 9.59 Å². The molecular formula is C18H24N2O4. The summed E-state index contributed by atoms with van der Waals surface area (Å²) in [4.78, 5) is 25.1. The third kappa shape index (κ3) is 7.05. The Morgan fingerprint density at radius 1 is 1.29 bits per heavy atom. The smallest absolute Gasteiger partial charge is 0.410 e. The predicted octanol–water partition coefficient (Wildman–Crippen LogP) is 2.95. The van der Waals surface area contributed by atoms with Gasteiger partial charge in [0.1, 0.15) is 12.2 Å². The molecule has 24 heavy (non-hydrogen) atoms. The summed E-state index contributed by atoms with van der Waals surface area (Å²) in [6, 6.07) is 8.68. The molecule has 2 amide bonds. The van der Waals surface area contributed by atoms with Gasteiger partial charge in [-0.05, 0) is 26.3 Å². The molecule has 0 fully saturated rings. The van der Waals surface area contributed by atoms with Gasteiger partial charge in [0.05, 0.1) is 12.6 Å². The number of terminal acetylenes is 1. The molecule has 1 atom stereocenters. The lowest BCUT2D eigenvalue weighted by Gasteiger charge is -2.24. The van der Waals surface area contributed by atoms with Crippen molar-refractivity contribution in [1.29, 1.82) is 0 Å². The van der Waals surface area contributed by atoms with Crippen LogP contribution in [0.1, 0.15) is 32.4 Å². The van der Waals surface area contributed by atoms with Gasteiger partial charge >= 0.3 is 12.2 Å². The normalized spacial score (nSPS) is 11.8. The fourth-order valence-electron chi connectivity index (χ4n) is 1.82. The molecule has 130 valence electrons. The second kappa shape index (κ2) is 8.82. The molecule has 0 aliphatic heterocycles. The maximum atomic E-state index is 12.0. The SMILES string of the molecule is C#CCN(C)C(=O)OC[C@@H](NC(=O)OC(C)(C)C)c1ccccc1. The molecule has 1 rings (SSSR count). The Kier molecular flexibility index (Phi) is 7.12. The van der Waals surface area contributed by atoms with Crippen LogP contribution in [0.5, 0.6) is 0 Å². The molecule has 0 saturated heterocycles. The van der Waals surface area contributed by atoms with E-state index in [-0.39, 0.29) is 13.2 Å². The van der Waals surface area contributed by atoms with Crippen LogP contribution in [0.15, 0.2) is 30.3 Å². The summed E-state index contributed by atoms with van der Waals surface area (Å²) < 4.78 is 10.5. The Labute approximate surface area is 143 Å². The van der Waals surface area contributed by atoms with Crippen LogP contribution in [0.3, 0.4) is 0 Å². The zero-order chi connectivity index (χ0) is 18.2. The molecule has 0 aliphatic rings. The largest absolute Gasteiger partial charge is 0.447 e. The Bertz CT molecular complexity index is 587. The average molecular weight is 332 g/mol. The molecule has 0 heterocycles. The lowest BCUT2D eigenvalue weighted by atomic mass is 10.1. The number of alkyl carbamates (subject to hydrolysis) is 1. The average Bonchev–Trinajstić information content (AvgIpc) is 2.50. The third-order valence-electron chi connectivity index (χ3n) is 2.91. The van der Waals surface area contributed by atoms with E-state index in [0.717, 1.165) is 5.56 Å². The number of carbonyl (C=O) groups is 2. The molecule has 1 aromatic rings. The summed E-state index contributed by atoms with van der Waals surface area (Å²) in [5.41, 5.74) is 0.186. The highest BCUT2D eigenvalue weighted by atomic mass is 16.6. The fraction of sp³-hybridized carbons (Fsp3) is 0.444. The van der Waals surface area contributed by atoms with E-state index in [0.29, 0.717) is 0 Å². The first-order valence-corrected chi connectivity index (χ1v) is 7.58. The van der Waals surface area contributed by atoms with Crippen molar-refractivity contribution in [3.05, 3.63) is 35.9 Å². The van der Waals surface area contributed by atoms with Crippen molar-refractivity contribution >= 4 is 12.2 Å². The molecule has 1 aromatic carbocycles. The van der Waals surface area contributed by atoms with Crippen LogP contribution >= 0.6 is 0 Å². The molecule has 0 aromatic heterocycles. The topological polar surface area (TPSA) is 67.9 Å². The fourth-order valence-corrected chi connectivity index (χ4v) is 1.82. The summed E-state index contributed by atoms with van der Waals surface area (Å²) >= 11 is 0. The van der Waals surface area contributed by atoms with Crippen molar-refractivity contribution in [3.63, 3.8) is 0 Å². The number of amides is 2. The van der Waals surface area contributed by atoms with Crippen molar-refractivity contribution < 1.29 is 19.1 Å². The number of hydrogen-bond donors (Lipinski definition) is 1. The highest BCUT2D eigenvalue weighted by Gasteiger charge is 2.22. The van der Waals surface area contributed by atoms with E-state index < -0.39 is 23.8 Å². The number of rotatable bonds is 5. The van der Waals surface area contributed by atoms with Crippen molar-refractivity contribution in [3.8, 4) is 12.3 Å². The number of benzene rings is 1. The maximum Gasteiger partial charge on any atom is 0.410 e. The van der Waals surface area contributed by atoms with Crippen LogP contribution in [-0.2, 0) is 9.47 Å². The molecule has 1 N–H and O–H groups in total. The first-order valence-electron chi connectivity index (χ1n) is 7.58. The second-order valence-electron chi connectivity index (χ2n) is 6.25. The minimum absolute atomic E-state index is 0.0308. The van der Waals surface area contributed by atoms with Gasteiger partial charge in [0.25, 0.3) is 0 Å². The van der Waals surface area contributed by atoms with Gasteiger partial charge in [-0.1, -0.05) is 36.3 Å². The van der Waals surface area contributed by atoms with Crippen molar-refractivity contribution in [2.24, 2.45) is 0 Å². The van der Waals surface area contributed by atoms with Crippen LogP contribution in [0.25, 0.3) is 0 Å². The Morgan fingerprint density at radius 3 is 2.46 bits per heavy atom. The summed E-state index contributed by atoms with van der Waals surface area (Å²) in [6.45, 7) is 5.45. The Balaban J connectivity index is 2.75. The van der Waals surface area contributed by atoms with Gasteiger partial charge in [-0.2, -0.15) is 0 Å². The molecule has 6 heteroatoms. The molecule has 0 bridgehead atoms. The minimum Gasteiger partial charge on any atom is -0.447 e. The van der Waals surface area contributed by atoms with Crippen LogP contribution in [0, 0.1) is 12.3 Å². The summed E-state index contributed by atoms with van der Waals surface area (Å²) in [5, 5.41) is 2.72. The summed E-state index contributed by atoms with van der Waals surface area (Å²) in [7, 11) is 1.54. The second-order valence-corrected chi connectivity index (χ2v) is 6.25. The lowest BCUT2D eigenvalue weighted by Crippen LogP contribution is -2.38. The Hall–Kier alpha value is -2.68. The van der Waals surface area contributed by atoms with E-state index in [1.807, 2.05) is 30.3 Å². The van der Waals surface area contributed by atoms with E-state index in [2.05, 4.69) is 11.2 Å². The van der Waals surface area contributed by atoms with Gasteiger partial charge in [0.2, 0.25) is 0 Å². The standard InChI is InChI=1S/C18H24N2O4/c1-6-12-20(5)17(22)23-13-15(14-10-8-7-9-11-14)19-16(21)24-18(2,3)4/h1,7-11,15H,12-13H2,2-5H3,(H,19,21)/t15-/m1/s1. The summed E-state index contributed by atoms with van der Waals surface area (Å²) in [5.74, 6) is 2.36. The number of nitrogens with zero attached hydrogens (tertiary/aromatic N) is 1. The van der Waals surface area contributed by atoms with Gasteiger partial charge < -0.3 is 19.7 Å². The van der Waals surface area contributed by atoms with Crippen LogP contribution in [0.2, 0.25) is 0 Å². The number of carbonyl (C=O) groups excluding carboxylic acids is 2. The number of ether oxygens (including phenoxy) is 2. The van der Waals surface area contributed by atoms with E-state index in [9.17, 15) is 9.59 Å². The monoisotopic (exact) mass is 332 g/mol. The van der Waals surface area contributed by atoms with Crippen molar-refractivity contribution in [1.82, 2.24) is 10.2 Å². The van der Waals surface area contributed by atoms with Gasteiger partial charge in [-0.15, -0.1) is 6.42 Å². The van der Waals surface area contributed by atoms with Crippen LogP contribution < -0.4 is 5.32 Å². The van der Waals surface area contributed by atoms with Crippen molar-refractivity contribution in [2.75, 3.05) is 20.2 Å². The van der Waals surface area contributed by atoms with Gasteiger partial charge in [-0.3, -0.25) is 0 Å². The highest BCUT2D eigenvalue weighted by Crippen LogP contribution is 2.15. The van der Waals surface area contributed by atoms with Crippen LogP contribution in [0.4, 0.5) is 9.59 Å². The molecule has 6 nitrogen and oxygen atoms in total. The molecule has 0 radical (unpaired) electrons. The van der Waals surface area contributed by atoms with Gasteiger partial charge in [0.15, 0.2) is 0 Å². The predicted molar refractivity (Wildman–Crippen MR) is 91.4 cm³/mol. The minimum atomic E-state index is -0.616. The van der Waals surface area contributed by atoms with Crippen LogP contribution in [-0.4, -0.2) is 42.9 Å². The quantitative estimate of drug-likeness (QED) is 0.842. The molecule has 0 spiro atoms. The van der Waals surface area contributed by atoms with E-state index in [1.165, 1.54) is 4.90 Å². The van der Waals surface area contributed by atoms with E-state index in [1.54, 1.807) is 27.8 Å². The maximum absolute atomic E-state index is 12.0. The molecule has 0 aliphatic carbocycles. The Morgan fingerprint density at radius 2 is 1.92 bits per heavy atom. The lowest BCUT2D eigenvalue weighted by molar-refractivity contribution is 0.0458. The first-order chi connectivity index (χ1) is 11.2. The number of hydrogen-bond acceptors (Lipinski definition) is 4. The zero-order valence-electron chi connectivity index (χ0n) is 14.5. The molecular weight excluding hydrogens is 308 g/mol. The zero-order valence-corrected chi connectivity index (χ0v) is 14.5. The summed E-state index contributed by atoms with van der Waals surface area (Å²) in [6.07, 6.45) is 4.03. The highest BCUT2D eigenvalue weighted by molar-refractivity contribution is 5.69. The van der Waals surface area contributed by atoms with Crippen molar-refractivity contribution in [2.45, 2.75) is 32.4 Å². The van der Waals surface area contributed by atoms with E-state index in [4.69, 9.17) is 15.9 Å². The molecule has 0 unspecified atom stereocenters. The molecule has 0 saturated carbocycles. The first kappa shape index (κ1) is 19.4. The van der Waals surface area contributed by atoms with E-state index >= 15 is 0 Å². The van der Waals surface area contributed by atoms with Gasteiger partial charge in [0, 0.05) is 7.05 Å². The number of nitrogens with one attached hydrogen (secondary N) is 1. The third-order valence-corrected chi connectivity index (χ3v) is 2.91.